The zero-order valence-electron chi connectivity index (χ0n) is 19.9. The SMILES string of the molecule is COc1cc(NC2=CC(=O)[C@@]3(Oc4c(Cl)c(OC)cc(OC)c4C3=O)[C@H](C)C2)ccc1NC(C)=O. The molecule has 9 nitrogen and oxygen atoms in total. The monoisotopic (exact) mass is 500 g/mol. The molecular formula is C25H25ClN2O7. The van der Waals surface area contributed by atoms with Gasteiger partial charge in [0.25, 0.3) is 0 Å². The molecule has 2 aromatic rings. The van der Waals surface area contributed by atoms with E-state index < -0.39 is 23.1 Å². The number of nitrogens with one attached hydrogen (secondary N) is 2. The first-order chi connectivity index (χ1) is 16.7. The van der Waals surface area contributed by atoms with Gasteiger partial charge < -0.3 is 29.6 Å². The van der Waals surface area contributed by atoms with Crippen molar-refractivity contribution >= 4 is 40.4 Å². The maximum absolute atomic E-state index is 13.6. The molecule has 1 aliphatic heterocycles. The number of carbonyl (C=O) groups is 3. The smallest absolute Gasteiger partial charge is 0.236 e. The van der Waals surface area contributed by atoms with Crippen molar-refractivity contribution in [3.05, 3.63) is 46.6 Å². The van der Waals surface area contributed by atoms with Crippen LogP contribution in [0.3, 0.4) is 0 Å². The minimum atomic E-state index is -1.75. The molecule has 2 N–H and O–H groups in total. The van der Waals surface area contributed by atoms with E-state index in [0.717, 1.165) is 0 Å². The molecule has 0 unspecified atom stereocenters. The van der Waals surface area contributed by atoms with E-state index in [1.165, 1.54) is 40.4 Å². The van der Waals surface area contributed by atoms with Crippen molar-refractivity contribution in [3.8, 4) is 23.0 Å². The summed E-state index contributed by atoms with van der Waals surface area (Å²) >= 11 is 6.42. The first kappa shape index (κ1) is 24.4. The molecule has 0 saturated carbocycles. The third-order valence-electron chi connectivity index (χ3n) is 6.13. The number of Topliss-reactive ketones (excluding diaryl/α,β-unsaturated/α-hetero) is 1. The summed E-state index contributed by atoms with van der Waals surface area (Å²) in [4.78, 5) is 38.4. The number of ketones is 2. The predicted molar refractivity (Wildman–Crippen MR) is 130 cm³/mol. The van der Waals surface area contributed by atoms with Crippen molar-refractivity contribution in [3.63, 3.8) is 0 Å². The maximum atomic E-state index is 13.6. The van der Waals surface area contributed by atoms with Gasteiger partial charge in [-0.1, -0.05) is 18.5 Å². The van der Waals surface area contributed by atoms with Gasteiger partial charge in [-0.3, -0.25) is 14.4 Å². The summed E-state index contributed by atoms with van der Waals surface area (Å²) in [5, 5.41) is 6.00. The van der Waals surface area contributed by atoms with Crippen molar-refractivity contribution in [2.45, 2.75) is 25.9 Å². The number of rotatable bonds is 6. The molecule has 184 valence electrons. The Bertz CT molecular complexity index is 1270. The topological polar surface area (TPSA) is 112 Å². The van der Waals surface area contributed by atoms with Gasteiger partial charge in [0, 0.05) is 42.4 Å². The second-order valence-electron chi connectivity index (χ2n) is 8.33. The summed E-state index contributed by atoms with van der Waals surface area (Å²) in [7, 11) is 4.35. The molecular weight excluding hydrogens is 476 g/mol. The van der Waals surface area contributed by atoms with Crippen LogP contribution in [0.2, 0.25) is 5.02 Å². The van der Waals surface area contributed by atoms with Gasteiger partial charge in [0.15, 0.2) is 5.75 Å². The molecule has 0 radical (unpaired) electrons. The molecule has 2 aliphatic rings. The van der Waals surface area contributed by atoms with Gasteiger partial charge in [-0.25, -0.2) is 0 Å². The Balaban J connectivity index is 1.65. The fourth-order valence-electron chi connectivity index (χ4n) is 4.46. The van der Waals surface area contributed by atoms with Crippen LogP contribution in [0.1, 0.15) is 30.6 Å². The molecule has 1 spiro atoms. The largest absolute Gasteiger partial charge is 0.496 e. The summed E-state index contributed by atoms with van der Waals surface area (Å²) in [6, 6.07) is 6.65. The molecule has 0 saturated heterocycles. The lowest BCUT2D eigenvalue weighted by molar-refractivity contribution is -0.129. The van der Waals surface area contributed by atoms with Crippen LogP contribution in [0.4, 0.5) is 11.4 Å². The van der Waals surface area contributed by atoms with E-state index in [9.17, 15) is 14.4 Å². The van der Waals surface area contributed by atoms with Crippen LogP contribution >= 0.6 is 11.6 Å². The van der Waals surface area contributed by atoms with E-state index >= 15 is 0 Å². The van der Waals surface area contributed by atoms with E-state index in [0.29, 0.717) is 29.2 Å². The Hall–Kier alpha value is -3.72. The average Bonchev–Trinajstić information content (AvgIpc) is 3.13. The first-order valence-electron chi connectivity index (χ1n) is 10.8. The molecule has 35 heavy (non-hydrogen) atoms. The van der Waals surface area contributed by atoms with Crippen LogP contribution in [0.25, 0.3) is 0 Å². The normalized spacial score (nSPS) is 20.6. The lowest BCUT2D eigenvalue weighted by Crippen LogP contribution is -2.55. The summed E-state index contributed by atoms with van der Waals surface area (Å²) in [6.07, 6.45) is 1.72. The Morgan fingerprint density at radius 1 is 1.09 bits per heavy atom. The predicted octanol–water partition coefficient (Wildman–Crippen LogP) is 4.24. The highest BCUT2D eigenvalue weighted by Crippen LogP contribution is 2.53. The third kappa shape index (κ3) is 3.95. The van der Waals surface area contributed by atoms with Crippen molar-refractivity contribution in [2.75, 3.05) is 32.0 Å². The summed E-state index contributed by atoms with van der Waals surface area (Å²) in [5.74, 6) is -0.703. The fourth-order valence-corrected chi connectivity index (χ4v) is 4.73. The van der Waals surface area contributed by atoms with E-state index in [1.807, 2.05) is 0 Å². The van der Waals surface area contributed by atoms with E-state index in [2.05, 4.69) is 10.6 Å². The fraction of sp³-hybridized carbons (Fsp3) is 0.320. The molecule has 0 fully saturated rings. The number of hydrogen-bond donors (Lipinski definition) is 2. The number of benzene rings is 2. The number of methoxy groups -OCH3 is 3. The molecule has 1 amide bonds. The van der Waals surface area contributed by atoms with E-state index in [4.69, 9.17) is 30.5 Å². The minimum Gasteiger partial charge on any atom is -0.496 e. The number of carbonyl (C=O) groups excluding carboxylic acids is 3. The molecule has 2 atom stereocenters. The van der Waals surface area contributed by atoms with Crippen LogP contribution in [0.5, 0.6) is 23.0 Å². The van der Waals surface area contributed by atoms with Crippen LogP contribution in [-0.2, 0) is 9.59 Å². The lowest BCUT2D eigenvalue weighted by atomic mass is 9.74. The highest BCUT2D eigenvalue weighted by molar-refractivity contribution is 6.36. The first-order valence-corrected chi connectivity index (χ1v) is 11.2. The number of ether oxygens (including phenoxy) is 4. The van der Waals surface area contributed by atoms with Crippen LogP contribution in [-0.4, -0.2) is 44.4 Å². The molecule has 2 aromatic carbocycles. The second-order valence-corrected chi connectivity index (χ2v) is 8.70. The minimum absolute atomic E-state index is 0.0798. The maximum Gasteiger partial charge on any atom is 0.236 e. The van der Waals surface area contributed by atoms with Crippen molar-refractivity contribution in [1.29, 1.82) is 0 Å². The molecule has 10 heteroatoms. The Labute approximate surface area is 207 Å². The van der Waals surface area contributed by atoms with Crippen molar-refractivity contribution in [2.24, 2.45) is 5.92 Å². The number of hydrogen-bond acceptors (Lipinski definition) is 8. The van der Waals surface area contributed by atoms with Crippen molar-refractivity contribution < 1.29 is 33.3 Å². The number of halogens is 1. The highest BCUT2D eigenvalue weighted by atomic mass is 35.5. The average molecular weight is 501 g/mol. The molecule has 1 heterocycles. The molecule has 0 aromatic heterocycles. The molecule has 0 bridgehead atoms. The van der Waals surface area contributed by atoms with Gasteiger partial charge in [0.05, 0.1) is 27.0 Å². The zero-order chi connectivity index (χ0) is 25.5. The van der Waals surface area contributed by atoms with Crippen molar-refractivity contribution in [1.82, 2.24) is 0 Å². The van der Waals surface area contributed by atoms with Gasteiger partial charge >= 0.3 is 0 Å². The standard InChI is InChI=1S/C25H25ClN2O7/c1-12-8-15(28-14-6-7-16(27-13(2)29)17(9-14)32-3)10-20(30)25(12)24(31)21-18(33-4)11-19(34-5)22(26)23(21)35-25/h6-7,9-12,28H,8H2,1-5H3,(H,27,29)/t12-,25+/m1/s1. The van der Waals surface area contributed by atoms with Gasteiger partial charge in [-0.2, -0.15) is 0 Å². The lowest BCUT2D eigenvalue weighted by Gasteiger charge is -2.35. The Morgan fingerprint density at radius 3 is 2.37 bits per heavy atom. The van der Waals surface area contributed by atoms with Crippen LogP contribution in [0, 0.1) is 5.92 Å². The summed E-state index contributed by atoms with van der Waals surface area (Å²) in [6.45, 7) is 3.18. The molecule has 4 rings (SSSR count). The third-order valence-corrected chi connectivity index (χ3v) is 6.49. The second kappa shape index (κ2) is 9.14. The number of amides is 1. The van der Waals surface area contributed by atoms with Gasteiger partial charge in [-0.05, 0) is 18.6 Å². The van der Waals surface area contributed by atoms with Gasteiger partial charge in [-0.15, -0.1) is 0 Å². The zero-order valence-corrected chi connectivity index (χ0v) is 20.7. The van der Waals surface area contributed by atoms with Gasteiger partial charge in [0.2, 0.25) is 23.1 Å². The molecule has 1 aliphatic carbocycles. The number of allylic oxidation sites excluding steroid dienone is 1. The van der Waals surface area contributed by atoms with E-state index in [1.54, 1.807) is 25.1 Å². The Kier molecular flexibility index (Phi) is 6.38. The quantitative estimate of drug-likeness (QED) is 0.566. The van der Waals surface area contributed by atoms with Gasteiger partial charge in [0.1, 0.15) is 27.8 Å². The Morgan fingerprint density at radius 2 is 1.77 bits per heavy atom. The summed E-state index contributed by atoms with van der Waals surface area (Å²) < 4.78 is 22.0. The number of fused-ring (bicyclic) bond motifs is 1. The number of anilines is 2. The summed E-state index contributed by atoms with van der Waals surface area (Å²) in [5.41, 5.74) is 0.154. The highest BCUT2D eigenvalue weighted by Gasteiger charge is 2.60. The van der Waals surface area contributed by atoms with Crippen LogP contribution in [0.15, 0.2) is 36.0 Å². The van der Waals surface area contributed by atoms with Crippen LogP contribution < -0.4 is 29.6 Å². The van der Waals surface area contributed by atoms with E-state index in [-0.39, 0.29) is 33.7 Å².